The first-order chi connectivity index (χ1) is 16.6. The number of nitrogens with one attached hydrogen (secondary N) is 2. The van der Waals surface area contributed by atoms with E-state index >= 15 is 0 Å². The molecule has 1 atom stereocenters. The summed E-state index contributed by atoms with van der Waals surface area (Å²) >= 11 is 0. The Bertz CT molecular complexity index is 1000. The van der Waals surface area contributed by atoms with E-state index in [2.05, 4.69) is 10.6 Å². The van der Waals surface area contributed by atoms with Crippen LogP contribution in [0.2, 0.25) is 0 Å². The molecule has 35 heavy (non-hydrogen) atoms. The van der Waals surface area contributed by atoms with Gasteiger partial charge in [-0.15, -0.1) is 0 Å². The quantitative estimate of drug-likeness (QED) is 0.267. The molecule has 2 N–H and O–H groups in total. The van der Waals surface area contributed by atoms with Crippen LogP contribution in [0.3, 0.4) is 0 Å². The van der Waals surface area contributed by atoms with E-state index in [0.29, 0.717) is 32.1 Å². The molecule has 2 heterocycles. The van der Waals surface area contributed by atoms with Crippen molar-refractivity contribution in [1.82, 2.24) is 10.2 Å². The lowest BCUT2D eigenvalue weighted by Gasteiger charge is -2.27. The number of piperidine rings is 1. The molecule has 1 unspecified atom stereocenters. The summed E-state index contributed by atoms with van der Waals surface area (Å²) in [4.78, 5) is 62.0. The molecule has 4 amide bonds. The predicted molar refractivity (Wildman–Crippen MR) is 124 cm³/mol. The van der Waals surface area contributed by atoms with Crippen molar-refractivity contribution in [1.29, 1.82) is 0 Å². The number of rotatable bonds is 11. The average molecular weight is 490 g/mol. The summed E-state index contributed by atoms with van der Waals surface area (Å²) in [5.41, 5.74) is 0.359. The van der Waals surface area contributed by atoms with E-state index in [1.807, 2.05) is 0 Å². The molecular weight excluding hydrogens is 458 g/mol. The van der Waals surface area contributed by atoms with Crippen LogP contribution >= 0.6 is 0 Å². The van der Waals surface area contributed by atoms with Crippen LogP contribution in [-0.2, 0) is 28.6 Å². The first-order valence-electron chi connectivity index (χ1n) is 11.5. The zero-order valence-electron chi connectivity index (χ0n) is 20.2. The lowest BCUT2D eigenvalue weighted by molar-refractivity contribution is -0.156. The van der Waals surface area contributed by atoms with Crippen molar-refractivity contribution in [2.45, 2.75) is 51.7 Å². The molecule has 0 saturated carbocycles. The lowest BCUT2D eigenvalue weighted by Crippen LogP contribution is -2.54. The van der Waals surface area contributed by atoms with E-state index in [1.165, 1.54) is 6.07 Å². The first kappa shape index (κ1) is 26.3. The Morgan fingerprint density at radius 3 is 2.46 bits per heavy atom. The molecule has 1 aromatic carbocycles. The molecule has 190 valence electrons. The molecule has 0 aliphatic carbocycles. The van der Waals surface area contributed by atoms with E-state index in [1.54, 1.807) is 32.9 Å². The number of ether oxygens (including phenoxy) is 3. The number of carbonyl (C=O) groups is 5. The number of fused-ring (bicyclic) bond motifs is 1. The minimum absolute atomic E-state index is 0.0664. The molecule has 1 fully saturated rings. The van der Waals surface area contributed by atoms with E-state index in [0.717, 1.165) is 4.90 Å². The number of anilines is 1. The van der Waals surface area contributed by atoms with Crippen molar-refractivity contribution in [3.8, 4) is 0 Å². The van der Waals surface area contributed by atoms with Crippen LogP contribution in [0, 0.1) is 0 Å². The summed E-state index contributed by atoms with van der Waals surface area (Å²) in [6, 6.07) is 3.86. The van der Waals surface area contributed by atoms with Gasteiger partial charge in [-0.05, 0) is 39.3 Å². The van der Waals surface area contributed by atoms with Gasteiger partial charge >= 0.3 is 5.97 Å². The third-order valence-electron chi connectivity index (χ3n) is 5.27. The van der Waals surface area contributed by atoms with E-state index < -0.39 is 35.3 Å². The Morgan fingerprint density at radius 2 is 1.77 bits per heavy atom. The normalized spacial score (nSPS) is 17.9. The fourth-order valence-electron chi connectivity index (χ4n) is 3.79. The number of imide groups is 2. The molecule has 3 rings (SSSR count). The molecule has 0 radical (unpaired) electrons. The van der Waals surface area contributed by atoms with E-state index in [-0.39, 0.29) is 43.0 Å². The first-order valence-corrected chi connectivity index (χ1v) is 11.5. The predicted octanol–water partition coefficient (Wildman–Crippen LogP) is 1.26. The highest BCUT2D eigenvalue weighted by molar-refractivity contribution is 6.25. The Hall–Kier alpha value is -3.31. The van der Waals surface area contributed by atoms with Gasteiger partial charge in [-0.1, -0.05) is 6.07 Å². The minimum Gasteiger partial charge on any atom is -0.460 e. The summed E-state index contributed by atoms with van der Waals surface area (Å²) < 4.78 is 16.1. The molecule has 2 aliphatic heterocycles. The Balaban J connectivity index is 1.42. The second-order valence-corrected chi connectivity index (χ2v) is 9.16. The van der Waals surface area contributed by atoms with Gasteiger partial charge in [0.15, 0.2) is 0 Å². The topological polar surface area (TPSA) is 140 Å². The van der Waals surface area contributed by atoms with Crippen LogP contribution < -0.4 is 10.6 Å². The molecule has 11 nitrogen and oxygen atoms in total. The largest absolute Gasteiger partial charge is 0.460 e. The third-order valence-corrected chi connectivity index (χ3v) is 5.27. The molecular formula is C24H31N3O8. The molecule has 0 aromatic heterocycles. The van der Waals surface area contributed by atoms with Gasteiger partial charge in [0.2, 0.25) is 11.8 Å². The number of benzene rings is 1. The second-order valence-electron chi connectivity index (χ2n) is 9.16. The molecule has 2 aliphatic rings. The Morgan fingerprint density at radius 1 is 1.06 bits per heavy atom. The summed E-state index contributed by atoms with van der Waals surface area (Å²) in [6.07, 6.45) is 0.337. The van der Waals surface area contributed by atoms with Crippen LogP contribution in [0.25, 0.3) is 0 Å². The summed E-state index contributed by atoms with van der Waals surface area (Å²) in [5, 5.41) is 5.28. The van der Waals surface area contributed by atoms with Crippen LogP contribution in [0.4, 0.5) is 5.69 Å². The van der Waals surface area contributed by atoms with Gasteiger partial charge in [-0.3, -0.25) is 34.2 Å². The van der Waals surface area contributed by atoms with E-state index in [4.69, 9.17) is 14.2 Å². The number of hydrogen-bond acceptors (Lipinski definition) is 9. The van der Waals surface area contributed by atoms with Crippen LogP contribution in [0.5, 0.6) is 0 Å². The smallest absolute Gasteiger partial charge is 0.308 e. The Labute approximate surface area is 203 Å². The van der Waals surface area contributed by atoms with Crippen LogP contribution in [-0.4, -0.2) is 79.1 Å². The zero-order chi connectivity index (χ0) is 25.6. The molecule has 0 spiro atoms. The fraction of sp³-hybridized carbons (Fsp3) is 0.542. The van der Waals surface area contributed by atoms with Crippen LogP contribution in [0.15, 0.2) is 18.2 Å². The summed E-state index contributed by atoms with van der Waals surface area (Å²) in [5.74, 6) is -2.50. The zero-order valence-corrected chi connectivity index (χ0v) is 20.2. The molecule has 0 bridgehead atoms. The number of carbonyl (C=O) groups excluding carboxylic acids is 5. The van der Waals surface area contributed by atoms with Gasteiger partial charge in [0.1, 0.15) is 11.6 Å². The van der Waals surface area contributed by atoms with Gasteiger partial charge in [-0.25, -0.2) is 0 Å². The Kier molecular flexibility index (Phi) is 8.57. The van der Waals surface area contributed by atoms with Crippen molar-refractivity contribution >= 4 is 35.3 Å². The van der Waals surface area contributed by atoms with Gasteiger partial charge in [0.25, 0.3) is 11.8 Å². The number of esters is 1. The summed E-state index contributed by atoms with van der Waals surface area (Å²) in [7, 11) is 0. The minimum atomic E-state index is -1.01. The maximum atomic E-state index is 13.0. The third kappa shape index (κ3) is 6.86. The van der Waals surface area contributed by atoms with Crippen molar-refractivity contribution in [2.24, 2.45) is 0 Å². The standard InChI is InChI=1S/C24H31N3O8/c1-24(2,3)35-19(29)9-11-33-13-14-34-12-10-25-16-6-4-5-15-20(16)23(32)27(22(15)31)17-7-8-18(28)26-21(17)30/h4-6,17,25H,7-14H2,1-3H3,(H,26,28,30). The number of amides is 4. The fourth-order valence-corrected chi connectivity index (χ4v) is 3.79. The summed E-state index contributed by atoms with van der Waals surface area (Å²) in [6.45, 7) is 6.98. The second kappa shape index (κ2) is 11.4. The highest BCUT2D eigenvalue weighted by atomic mass is 16.6. The number of hydrogen-bond donors (Lipinski definition) is 2. The monoisotopic (exact) mass is 489 g/mol. The SMILES string of the molecule is CC(C)(C)OC(=O)CCOCCOCCNc1cccc2c1C(=O)N(C1CCC(=O)NC1=O)C2=O. The van der Waals surface area contributed by atoms with Gasteiger partial charge in [0.05, 0.1) is 44.0 Å². The lowest BCUT2D eigenvalue weighted by atomic mass is 10.0. The number of nitrogens with zero attached hydrogens (tertiary/aromatic N) is 1. The van der Waals surface area contributed by atoms with E-state index in [9.17, 15) is 24.0 Å². The van der Waals surface area contributed by atoms with Crippen molar-refractivity contribution in [3.05, 3.63) is 29.3 Å². The maximum Gasteiger partial charge on any atom is 0.308 e. The van der Waals surface area contributed by atoms with Gasteiger partial charge < -0.3 is 19.5 Å². The maximum absolute atomic E-state index is 13.0. The molecule has 1 saturated heterocycles. The average Bonchev–Trinajstić information content (AvgIpc) is 3.02. The van der Waals surface area contributed by atoms with Crippen molar-refractivity contribution in [3.63, 3.8) is 0 Å². The molecule has 11 heteroatoms. The van der Waals surface area contributed by atoms with Crippen molar-refractivity contribution < 1.29 is 38.2 Å². The highest BCUT2D eigenvalue weighted by Gasteiger charge is 2.45. The van der Waals surface area contributed by atoms with Crippen LogP contribution in [0.1, 0.15) is 60.7 Å². The van der Waals surface area contributed by atoms with Gasteiger partial charge in [0, 0.05) is 18.7 Å². The highest BCUT2D eigenvalue weighted by Crippen LogP contribution is 2.32. The van der Waals surface area contributed by atoms with Gasteiger partial charge in [-0.2, -0.15) is 0 Å². The molecule has 1 aromatic rings. The van der Waals surface area contributed by atoms with Crippen molar-refractivity contribution in [2.75, 3.05) is 38.3 Å².